The summed E-state index contributed by atoms with van der Waals surface area (Å²) in [6, 6.07) is 0.510. The van der Waals surface area contributed by atoms with Crippen LogP contribution in [-0.4, -0.2) is 35.8 Å². The van der Waals surface area contributed by atoms with Crippen molar-refractivity contribution in [3.8, 4) is 0 Å². The van der Waals surface area contributed by atoms with E-state index in [9.17, 15) is 9.59 Å². The van der Waals surface area contributed by atoms with Crippen molar-refractivity contribution in [2.75, 3.05) is 13.1 Å². The third-order valence-electron chi connectivity index (χ3n) is 4.55. The number of likely N-dealkylation sites (tertiary alicyclic amines) is 1. The summed E-state index contributed by atoms with van der Waals surface area (Å²) in [5, 5.41) is 3.41. The maximum Gasteiger partial charge on any atom is 0.233 e. The largest absolute Gasteiger partial charge is 0.314 e. The minimum absolute atomic E-state index is 0.0269. The highest BCUT2D eigenvalue weighted by Gasteiger charge is 2.49. The molecule has 2 aliphatic heterocycles. The van der Waals surface area contributed by atoms with Crippen molar-refractivity contribution in [1.29, 1.82) is 0 Å². The molecule has 0 aromatic rings. The van der Waals surface area contributed by atoms with Gasteiger partial charge in [0.2, 0.25) is 11.8 Å². The molecule has 0 aromatic heterocycles. The maximum atomic E-state index is 12.1. The molecule has 2 amide bonds. The molecular formula is C13H20N2O2. The number of nitrogens with zero attached hydrogens (tertiary/aromatic N) is 1. The fourth-order valence-corrected chi connectivity index (χ4v) is 3.57. The van der Waals surface area contributed by atoms with Crippen molar-refractivity contribution >= 4 is 11.8 Å². The zero-order chi connectivity index (χ0) is 11.8. The molecule has 1 N–H and O–H groups in total. The molecule has 4 nitrogen and oxygen atoms in total. The number of nitrogens with one attached hydrogen (secondary N) is 1. The van der Waals surface area contributed by atoms with Gasteiger partial charge in [-0.2, -0.15) is 0 Å². The third-order valence-corrected chi connectivity index (χ3v) is 4.55. The van der Waals surface area contributed by atoms with E-state index in [4.69, 9.17) is 0 Å². The molecule has 0 radical (unpaired) electrons. The number of carbonyl (C=O) groups is 2. The molecule has 3 fully saturated rings. The van der Waals surface area contributed by atoms with Gasteiger partial charge in [-0.25, -0.2) is 0 Å². The Bertz CT molecular complexity index is 314. The van der Waals surface area contributed by atoms with E-state index in [0.29, 0.717) is 12.6 Å². The molecule has 3 unspecified atom stereocenters. The summed E-state index contributed by atoms with van der Waals surface area (Å²) in [4.78, 5) is 25.7. The van der Waals surface area contributed by atoms with Crippen LogP contribution in [0.15, 0.2) is 0 Å². The van der Waals surface area contributed by atoms with Crippen LogP contribution in [0.1, 0.15) is 38.5 Å². The van der Waals surface area contributed by atoms with E-state index in [-0.39, 0.29) is 23.7 Å². The fourth-order valence-electron chi connectivity index (χ4n) is 3.57. The van der Waals surface area contributed by atoms with Crippen molar-refractivity contribution < 1.29 is 9.59 Å². The van der Waals surface area contributed by atoms with Crippen LogP contribution >= 0.6 is 0 Å². The highest BCUT2D eigenvalue weighted by atomic mass is 16.2. The van der Waals surface area contributed by atoms with Gasteiger partial charge in [0, 0.05) is 12.6 Å². The first kappa shape index (κ1) is 11.2. The summed E-state index contributed by atoms with van der Waals surface area (Å²) in [6.07, 6.45) is 6.23. The first-order valence-electron chi connectivity index (χ1n) is 6.86. The van der Waals surface area contributed by atoms with E-state index < -0.39 is 0 Å². The Hall–Kier alpha value is -0.900. The number of imide groups is 1. The molecule has 0 bridgehead atoms. The van der Waals surface area contributed by atoms with E-state index >= 15 is 0 Å². The Morgan fingerprint density at radius 1 is 1.06 bits per heavy atom. The number of amides is 2. The van der Waals surface area contributed by atoms with Gasteiger partial charge in [-0.3, -0.25) is 14.5 Å². The molecule has 0 spiro atoms. The lowest BCUT2D eigenvalue weighted by molar-refractivity contribution is -0.140. The fraction of sp³-hybridized carbons (Fsp3) is 0.846. The molecule has 2 heterocycles. The molecule has 2 saturated heterocycles. The van der Waals surface area contributed by atoms with E-state index in [0.717, 1.165) is 32.2 Å². The smallest absolute Gasteiger partial charge is 0.233 e. The Balaban J connectivity index is 1.59. The minimum atomic E-state index is 0.0269. The van der Waals surface area contributed by atoms with Crippen LogP contribution in [0, 0.1) is 11.8 Å². The highest BCUT2D eigenvalue weighted by molar-refractivity contribution is 6.05. The molecule has 3 atom stereocenters. The summed E-state index contributed by atoms with van der Waals surface area (Å²) in [6.45, 7) is 1.71. The number of carbonyl (C=O) groups excluding carboxylic acids is 2. The highest BCUT2D eigenvalue weighted by Crippen LogP contribution is 2.39. The quantitative estimate of drug-likeness (QED) is 0.741. The molecule has 17 heavy (non-hydrogen) atoms. The number of fused-ring (bicyclic) bond motifs is 1. The summed E-state index contributed by atoms with van der Waals surface area (Å²) in [7, 11) is 0. The summed E-state index contributed by atoms with van der Waals surface area (Å²) in [5.41, 5.74) is 0. The average molecular weight is 236 g/mol. The molecule has 3 rings (SSSR count). The van der Waals surface area contributed by atoms with Crippen LogP contribution in [0.25, 0.3) is 0 Å². The molecule has 1 saturated carbocycles. The van der Waals surface area contributed by atoms with Gasteiger partial charge in [0.15, 0.2) is 0 Å². The van der Waals surface area contributed by atoms with Crippen molar-refractivity contribution in [3.05, 3.63) is 0 Å². The van der Waals surface area contributed by atoms with Crippen LogP contribution in [0.2, 0.25) is 0 Å². The summed E-state index contributed by atoms with van der Waals surface area (Å²) < 4.78 is 0. The molecule has 94 valence electrons. The lowest BCUT2D eigenvalue weighted by atomic mass is 10.00. The van der Waals surface area contributed by atoms with E-state index in [2.05, 4.69) is 5.32 Å². The Kier molecular flexibility index (Phi) is 2.90. The topological polar surface area (TPSA) is 49.4 Å². The summed E-state index contributed by atoms with van der Waals surface area (Å²) >= 11 is 0. The predicted molar refractivity (Wildman–Crippen MR) is 63.2 cm³/mol. The number of rotatable bonds is 3. The van der Waals surface area contributed by atoms with E-state index in [1.807, 2.05) is 0 Å². The van der Waals surface area contributed by atoms with Gasteiger partial charge in [0.05, 0.1) is 11.8 Å². The zero-order valence-corrected chi connectivity index (χ0v) is 10.2. The van der Waals surface area contributed by atoms with Crippen LogP contribution in [0.3, 0.4) is 0 Å². The third kappa shape index (κ3) is 1.88. The molecule has 4 heteroatoms. The van der Waals surface area contributed by atoms with Crippen molar-refractivity contribution in [2.45, 2.75) is 44.6 Å². The number of hydrogen-bond acceptors (Lipinski definition) is 3. The zero-order valence-electron chi connectivity index (χ0n) is 10.2. The Labute approximate surface area is 102 Å². The lowest BCUT2D eigenvalue weighted by Gasteiger charge is -2.18. The second-order valence-electron chi connectivity index (χ2n) is 5.55. The normalized spacial score (nSPS) is 36.9. The number of hydrogen-bond donors (Lipinski definition) is 1. The van der Waals surface area contributed by atoms with Gasteiger partial charge in [-0.05, 0) is 38.6 Å². The lowest BCUT2D eigenvalue weighted by Crippen LogP contribution is -2.36. The van der Waals surface area contributed by atoms with E-state index in [1.54, 1.807) is 0 Å². The standard InChI is InChI=1S/C13H20N2O2/c16-12-10-4-1-5-11(10)13(17)15(12)8-6-9-3-2-7-14-9/h9-11,14H,1-8H2. The van der Waals surface area contributed by atoms with Crippen LogP contribution in [0.4, 0.5) is 0 Å². The average Bonchev–Trinajstić information content (AvgIpc) is 3.01. The second kappa shape index (κ2) is 4.41. The summed E-state index contributed by atoms with van der Waals surface area (Å²) in [5.74, 6) is 0.268. The predicted octanol–water partition coefficient (Wildman–Crippen LogP) is 0.914. The SMILES string of the molecule is O=C1C2CCCC2C(=O)N1CCC1CCCN1. The van der Waals surface area contributed by atoms with Crippen molar-refractivity contribution in [2.24, 2.45) is 11.8 Å². The first-order valence-corrected chi connectivity index (χ1v) is 6.86. The van der Waals surface area contributed by atoms with Gasteiger partial charge >= 0.3 is 0 Å². The molecule has 0 aromatic carbocycles. The van der Waals surface area contributed by atoms with Crippen LogP contribution < -0.4 is 5.32 Å². The molecule has 1 aliphatic carbocycles. The van der Waals surface area contributed by atoms with Gasteiger partial charge in [-0.1, -0.05) is 6.42 Å². The minimum Gasteiger partial charge on any atom is -0.314 e. The molecule has 3 aliphatic rings. The second-order valence-corrected chi connectivity index (χ2v) is 5.55. The van der Waals surface area contributed by atoms with Crippen molar-refractivity contribution in [3.63, 3.8) is 0 Å². The van der Waals surface area contributed by atoms with Crippen LogP contribution in [-0.2, 0) is 9.59 Å². The van der Waals surface area contributed by atoms with Crippen molar-refractivity contribution in [1.82, 2.24) is 10.2 Å². The Morgan fingerprint density at radius 2 is 1.76 bits per heavy atom. The van der Waals surface area contributed by atoms with Gasteiger partial charge in [0.1, 0.15) is 0 Å². The Morgan fingerprint density at radius 3 is 2.35 bits per heavy atom. The van der Waals surface area contributed by atoms with Gasteiger partial charge < -0.3 is 5.32 Å². The maximum absolute atomic E-state index is 12.1. The van der Waals surface area contributed by atoms with Gasteiger partial charge in [0.25, 0.3) is 0 Å². The van der Waals surface area contributed by atoms with Gasteiger partial charge in [-0.15, -0.1) is 0 Å². The molecular weight excluding hydrogens is 216 g/mol. The monoisotopic (exact) mass is 236 g/mol. The first-order chi connectivity index (χ1) is 8.27. The van der Waals surface area contributed by atoms with Crippen LogP contribution in [0.5, 0.6) is 0 Å². The van der Waals surface area contributed by atoms with E-state index in [1.165, 1.54) is 17.7 Å².